The molecule has 2 aromatic rings. The summed E-state index contributed by atoms with van der Waals surface area (Å²) in [7, 11) is 0. The van der Waals surface area contributed by atoms with Crippen LogP contribution in [0, 0.1) is 28.6 Å². The average molecular weight is 543 g/mol. The van der Waals surface area contributed by atoms with E-state index < -0.39 is 24.5 Å². The lowest BCUT2D eigenvalue weighted by Crippen LogP contribution is -2.49. The maximum absolute atomic E-state index is 10.4. The van der Waals surface area contributed by atoms with E-state index in [-0.39, 0.29) is 6.61 Å². The normalized spacial score (nSPS) is 36.8. The topological polar surface area (TPSA) is 131 Å². The molecular weight excluding hydrogens is 494 g/mol. The first-order valence-electron chi connectivity index (χ1n) is 14.8. The Morgan fingerprint density at radius 3 is 2.67 bits per heavy atom. The summed E-state index contributed by atoms with van der Waals surface area (Å²) in [5.41, 5.74) is 9.67. The lowest BCUT2D eigenvalue weighted by molar-refractivity contribution is -0.674. The van der Waals surface area contributed by atoms with Gasteiger partial charge in [0.25, 0.3) is 5.82 Å². The standard InChI is InChI=1S/C30H47N5O4/c1-18(10-13-30(5)19(2)8-9-20-21(30)7-6-12-29(20,3)4)11-14-34-16-33-27-23(26(34)31)32-17-35(27)28-25(38)24(37)22(15-36)39-28/h11,16-17,19-22,24-25,28,31,36-38H,6-10,12-15H2,1-5H3/p+1/b18-11+/t19-,20?,21+,22+,24?,25-,28+,30+/m0/s1. The van der Waals surface area contributed by atoms with Gasteiger partial charge >= 0.3 is 0 Å². The minimum atomic E-state index is -1.20. The first-order valence-corrected chi connectivity index (χ1v) is 14.8. The molecule has 2 aliphatic carbocycles. The quantitative estimate of drug-likeness (QED) is 0.311. The van der Waals surface area contributed by atoms with Gasteiger partial charge in [-0.05, 0) is 74.0 Å². The first-order chi connectivity index (χ1) is 18.5. The van der Waals surface area contributed by atoms with E-state index in [1.807, 2.05) is 4.57 Å². The van der Waals surface area contributed by atoms with Crippen molar-refractivity contribution in [1.82, 2.24) is 14.5 Å². The van der Waals surface area contributed by atoms with E-state index in [1.54, 1.807) is 10.9 Å². The van der Waals surface area contributed by atoms with Crippen LogP contribution in [0.1, 0.15) is 85.8 Å². The van der Waals surface area contributed by atoms with Gasteiger partial charge in [-0.25, -0.2) is 9.55 Å². The highest BCUT2D eigenvalue weighted by molar-refractivity contribution is 5.79. The Bertz CT molecular complexity index is 1210. The van der Waals surface area contributed by atoms with Gasteiger partial charge in [-0.1, -0.05) is 50.7 Å². The molecule has 39 heavy (non-hydrogen) atoms. The smallest absolute Gasteiger partial charge is 0.251 e. The SMILES string of the molecule is C/C(=C\C[n+]1cnc2c(ncn2[C@@H]2O[C@H](CO)C(O)[C@@H]2O)c1N)CC[C@@]1(C)[C@@H]2CCCC(C)(C)C2CC[C@@H]1C. The number of rotatable bonds is 7. The molecule has 9 heteroatoms. The Kier molecular flexibility index (Phi) is 7.83. The van der Waals surface area contributed by atoms with E-state index in [0.717, 1.165) is 24.2 Å². The molecule has 3 fully saturated rings. The number of hydrogen-bond acceptors (Lipinski definition) is 7. The molecule has 3 heterocycles. The Labute approximate surface area is 232 Å². The predicted octanol–water partition coefficient (Wildman–Crippen LogP) is 3.52. The lowest BCUT2D eigenvalue weighted by atomic mass is 9.48. The number of allylic oxidation sites excluding steroid dienone is 2. The summed E-state index contributed by atoms with van der Waals surface area (Å²) in [6.07, 6.45) is 10.4. The summed E-state index contributed by atoms with van der Waals surface area (Å²) in [6, 6.07) is 0. The van der Waals surface area contributed by atoms with Crippen molar-refractivity contribution >= 4 is 17.0 Å². The number of nitrogen functional groups attached to an aromatic ring is 1. The summed E-state index contributed by atoms with van der Waals surface area (Å²) in [6.45, 7) is 12.5. The van der Waals surface area contributed by atoms with Crippen LogP contribution in [0.2, 0.25) is 0 Å². The number of aliphatic hydroxyl groups is 3. The van der Waals surface area contributed by atoms with E-state index in [2.05, 4.69) is 50.7 Å². The van der Waals surface area contributed by atoms with Crippen molar-refractivity contribution in [2.75, 3.05) is 12.3 Å². The predicted molar refractivity (Wildman–Crippen MR) is 149 cm³/mol. The number of anilines is 1. The van der Waals surface area contributed by atoms with E-state index in [4.69, 9.17) is 10.5 Å². The summed E-state index contributed by atoms with van der Waals surface area (Å²) in [5.74, 6) is 2.90. The molecule has 2 saturated carbocycles. The number of aliphatic hydroxyl groups excluding tert-OH is 3. The number of fused-ring (bicyclic) bond motifs is 2. The van der Waals surface area contributed by atoms with Crippen molar-refractivity contribution < 1.29 is 24.6 Å². The highest BCUT2D eigenvalue weighted by Crippen LogP contribution is 2.60. The molecule has 1 saturated heterocycles. The van der Waals surface area contributed by atoms with E-state index in [1.165, 1.54) is 50.4 Å². The fourth-order valence-corrected chi connectivity index (χ4v) is 7.90. The third-order valence-corrected chi connectivity index (χ3v) is 10.8. The van der Waals surface area contributed by atoms with Crippen molar-refractivity contribution in [3.8, 4) is 0 Å². The molecule has 0 spiro atoms. The molecule has 3 aliphatic rings. The molecular formula is C30H48N5O4+. The Morgan fingerprint density at radius 2 is 1.95 bits per heavy atom. The highest BCUT2D eigenvalue weighted by atomic mass is 16.6. The van der Waals surface area contributed by atoms with E-state index in [9.17, 15) is 15.3 Å². The van der Waals surface area contributed by atoms with Crippen molar-refractivity contribution in [2.45, 2.75) is 111 Å². The molecule has 5 rings (SSSR count). The van der Waals surface area contributed by atoms with Gasteiger partial charge in [0.05, 0.1) is 13.2 Å². The second-order valence-electron chi connectivity index (χ2n) is 13.5. The van der Waals surface area contributed by atoms with E-state index >= 15 is 0 Å². The lowest BCUT2D eigenvalue weighted by Gasteiger charge is -2.57. The van der Waals surface area contributed by atoms with Crippen molar-refractivity contribution in [1.29, 1.82) is 0 Å². The molecule has 9 nitrogen and oxygen atoms in total. The van der Waals surface area contributed by atoms with E-state index in [0.29, 0.717) is 34.4 Å². The van der Waals surface area contributed by atoms with Crippen LogP contribution < -0.4 is 10.3 Å². The number of aromatic nitrogens is 4. The zero-order chi connectivity index (χ0) is 28.1. The molecule has 5 N–H and O–H groups in total. The zero-order valence-corrected chi connectivity index (χ0v) is 24.3. The van der Waals surface area contributed by atoms with Crippen molar-refractivity contribution in [3.05, 3.63) is 24.3 Å². The number of hydrogen-bond donors (Lipinski definition) is 4. The van der Waals surface area contributed by atoms with Crippen LogP contribution in [-0.4, -0.2) is 54.8 Å². The van der Waals surface area contributed by atoms with Crippen molar-refractivity contribution in [2.24, 2.45) is 28.6 Å². The van der Waals surface area contributed by atoms with Crippen LogP contribution >= 0.6 is 0 Å². The zero-order valence-electron chi connectivity index (χ0n) is 24.3. The molecule has 0 bridgehead atoms. The fraction of sp³-hybridized carbons (Fsp3) is 0.767. The van der Waals surface area contributed by atoms with Crippen LogP contribution in [0.15, 0.2) is 24.3 Å². The van der Waals surface area contributed by atoms with Gasteiger partial charge in [0, 0.05) is 0 Å². The Morgan fingerprint density at radius 1 is 1.18 bits per heavy atom. The van der Waals surface area contributed by atoms with Gasteiger partial charge in [0.1, 0.15) is 24.6 Å². The second-order valence-corrected chi connectivity index (χ2v) is 13.5. The van der Waals surface area contributed by atoms with Gasteiger partial charge < -0.3 is 25.8 Å². The summed E-state index contributed by atoms with van der Waals surface area (Å²) >= 11 is 0. The van der Waals surface area contributed by atoms with Gasteiger partial charge in [-0.2, -0.15) is 0 Å². The third kappa shape index (κ3) is 5.00. The number of nitrogens with zero attached hydrogens (tertiary/aromatic N) is 4. The maximum atomic E-state index is 10.4. The maximum Gasteiger partial charge on any atom is 0.251 e. The van der Waals surface area contributed by atoms with Crippen LogP contribution in [-0.2, 0) is 11.3 Å². The third-order valence-electron chi connectivity index (χ3n) is 10.8. The monoisotopic (exact) mass is 542 g/mol. The molecule has 1 aliphatic heterocycles. The summed E-state index contributed by atoms with van der Waals surface area (Å²) < 4.78 is 9.09. The Hall–Kier alpha value is -2.07. The Balaban J connectivity index is 1.27. The van der Waals surface area contributed by atoms with Gasteiger partial charge in [0.2, 0.25) is 12.0 Å². The highest BCUT2D eigenvalue weighted by Gasteiger charge is 2.51. The molecule has 216 valence electrons. The largest absolute Gasteiger partial charge is 0.394 e. The van der Waals surface area contributed by atoms with Gasteiger partial charge in [-0.15, -0.1) is 0 Å². The number of ether oxygens (including phenoxy) is 1. The summed E-state index contributed by atoms with van der Waals surface area (Å²) in [5, 5.41) is 30.0. The number of nitrogens with two attached hydrogens (primary N) is 1. The van der Waals surface area contributed by atoms with Gasteiger partial charge in [0.15, 0.2) is 11.7 Å². The van der Waals surface area contributed by atoms with Crippen molar-refractivity contribution in [3.63, 3.8) is 0 Å². The minimum Gasteiger partial charge on any atom is -0.394 e. The molecule has 2 unspecified atom stereocenters. The molecule has 0 radical (unpaired) electrons. The second kappa shape index (κ2) is 10.7. The average Bonchev–Trinajstić information content (AvgIpc) is 3.45. The molecule has 0 aromatic carbocycles. The van der Waals surface area contributed by atoms with Crippen LogP contribution in [0.3, 0.4) is 0 Å². The summed E-state index contributed by atoms with van der Waals surface area (Å²) in [4.78, 5) is 8.98. The fourth-order valence-electron chi connectivity index (χ4n) is 7.90. The van der Waals surface area contributed by atoms with Gasteiger partial charge in [-0.3, -0.25) is 4.57 Å². The van der Waals surface area contributed by atoms with Crippen LogP contribution in [0.25, 0.3) is 11.2 Å². The molecule has 2 aromatic heterocycles. The van der Waals surface area contributed by atoms with Crippen LogP contribution in [0.5, 0.6) is 0 Å². The van der Waals surface area contributed by atoms with Crippen LogP contribution in [0.4, 0.5) is 5.82 Å². The molecule has 8 atom stereocenters. The minimum absolute atomic E-state index is 0.380. The first kappa shape index (κ1) is 28.5. The molecule has 0 amide bonds. The number of imidazole rings is 1.